The van der Waals surface area contributed by atoms with Crippen LogP contribution in [0.4, 0.5) is 0 Å². The van der Waals surface area contributed by atoms with Crippen LogP contribution in [0.5, 0.6) is 0 Å². The first-order chi connectivity index (χ1) is 8.11. The highest BCUT2D eigenvalue weighted by atomic mass is 16.5. The van der Waals surface area contributed by atoms with Gasteiger partial charge in [0, 0.05) is 6.54 Å². The average Bonchev–Trinajstić information content (AvgIpc) is 2.30. The SMILES string of the molecule is CCCCCCCCN(O)NC(CO)C(=O)O. The van der Waals surface area contributed by atoms with Crippen LogP contribution >= 0.6 is 0 Å². The van der Waals surface area contributed by atoms with E-state index in [0.717, 1.165) is 24.4 Å². The molecule has 0 saturated carbocycles. The average molecular weight is 248 g/mol. The van der Waals surface area contributed by atoms with E-state index in [1.54, 1.807) is 0 Å². The molecule has 0 aromatic heterocycles. The van der Waals surface area contributed by atoms with E-state index in [9.17, 15) is 10.0 Å². The molecule has 0 aromatic carbocycles. The predicted octanol–water partition coefficient (Wildman–Crippen LogP) is 0.988. The van der Waals surface area contributed by atoms with Gasteiger partial charge in [0.1, 0.15) is 6.04 Å². The zero-order valence-corrected chi connectivity index (χ0v) is 10.4. The smallest absolute Gasteiger partial charge is 0.324 e. The number of aliphatic carboxylic acids is 1. The third kappa shape index (κ3) is 9.05. The van der Waals surface area contributed by atoms with Crippen LogP contribution in [0.15, 0.2) is 0 Å². The predicted molar refractivity (Wildman–Crippen MR) is 63.5 cm³/mol. The monoisotopic (exact) mass is 248 g/mol. The molecule has 4 N–H and O–H groups in total. The Morgan fingerprint density at radius 2 is 1.82 bits per heavy atom. The lowest BCUT2D eigenvalue weighted by atomic mass is 10.1. The van der Waals surface area contributed by atoms with Crippen molar-refractivity contribution in [2.24, 2.45) is 0 Å². The molecule has 0 rings (SSSR count). The number of hydrogen-bond donors (Lipinski definition) is 4. The van der Waals surface area contributed by atoms with Gasteiger partial charge in [0.15, 0.2) is 0 Å². The fourth-order valence-electron chi connectivity index (χ4n) is 1.46. The number of hydroxylamine groups is 1. The maximum absolute atomic E-state index is 10.6. The Balaban J connectivity index is 3.51. The molecule has 0 amide bonds. The summed E-state index contributed by atoms with van der Waals surface area (Å²) in [5, 5.41) is 27.5. The lowest BCUT2D eigenvalue weighted by Gasteiger charge is -2.19. The molecular formula is C11H24N2O4. The summed E-state index contributed by atoms with van der Waals surface area (Å²) in [7, 11) is 0. The molecule has 6 heteroatoms. The van der Waals surface area contributed by atoms with E-state index in [1.807, 2.05) is 0 Å². The van der Waals surface area contributed by atoms with Gasteiger partial charge in [-0.15, -0.1) is 5.17 Å². The van der Waals surface area contributed by atoms with Gasteiger partial charge in [0.2, 0.25) is 0 Å². The van der Waals surface area contributed by atoms with Crippen LogP contribution in [0.1, 0.15) is 45.4 Å². The highest BCUT2D eigenvalue weighted by Crippen LogP contribution is 2.04. The van der Waals surface area contributed by atoms with Crippen LogP contribution in [0, 0.1) is 0 Å². The van der Waals surface area contributed by atoms with Crippen LogP contribution in [0.25, 0.3) is 0 Å². The molecule has 0 heterocycles. The minimum Gasteiger partial charge on any atom is -0.480 e. The van der Waals surface area contributed by atoms with Crippen molar-refractivity contribution in [3.63, 3.8) is 0 Å². The third-order valence-electron chi connectivity index (χ3n) is 2.51. The van der Waals surface area contributed by atoms with Gasteiger partial charge in [-0.3, -0.25) is 10.0 Å². The topological polar surface area (TPSA) is 93.0 Å². The van der Waals surface area contributed by atoms with Crippen molar-refractivity contribution >= 4 is 5.97 Å². The number of aliphatic hydroxyl groups is 1. The number of rotatable bonds is 11. The number of carboxylic acid groups (broad SMARTS) is 1. The first-order valence-electron chi connectivity index (χ1n) is 6.18. The van der Waals surface area contributed by atoms with Crippen LogP contribution < -0.4 is 5.43 Å². The van der Waals surface area contributed by atoms with Gasteiger partial charge in [-0.05, 0) is 6.42 Å². The Kier molecular flexibility index (Phi) is 10.0. The molecule has 0 aromatic rings. The summed E-state index contributed by atoms with van der Waals surface area (Å²) in [5.41, 5.74) is 2.31. The molecule has 0 bridgehead atoms. The highest BCUT2D eigenvalue weighted by molar-refractivity contribution is 5.73. The molecule has 102 valence electrons. The Morgan fingerprint density at radius 3 is 2.35 bits per heavy atom. The third-order valence-corrected chi connectivity index (χ3v) is 2.51. The normalized spacial score (nSPS) is 12.9. The fourth-order valence-corrected chi connectivity index (χ4v) is 1.46. The van der Waals surface area contributed by atoms with Gasteiger partial charge in [-0.25, -0.2) is 5.43 Å². The maximum Gasteiger partial charge on any atom is 0.324 e. The molecule has 17 heavy (non-hydrogen) atoms. The minimum absolute atomic E-state index is 0.357. The summed E-state index contributed by atoms with van der Waals surface area (Å²) in [6.07, 6.45) is 6.56. The maximum atomic E-state index is 10.6. The molecule has 0 aliphatic rings. The molecule has 0 aliphatic heterocycles. The molecule has 1 unspecified atom stereocenters. The van der Waals surface area contributed by atoms with Crippen LogP contribution in [0.2, 0.25) is 0 Å². The summed E-state index contributed by atoms with van der Waals surface area (Å²) < 4.78 is 0. The van der Waals surface area contributed by atoms with Gasteiger partial charge in [-0.2, -0.15) is 0 Å². The van der Waals surface area contributed by atoms with Gasteiger partial charge >= 0.3 is 5.97 Å². The molecule has 1 atom stereocenters. The minimum atomic E-state index is -1.19. The zero-order valence-electron chi connectivity index (χ0n) is 10.4. The second-order valence-electron chi connectivity index (χ2n) is 4.09. The Labute approximate surface area is 102 Å². The summed E-state index contributed by atoms with van der Waals surface area (Å²) in [6.45, 7) is 1.96. The number of hydrogen-bond acceptors (Lipinski definition) is 5. The van der Waals surface area contributed by atoms with Gasteiger partial charge in [-0.1, -0.05) is 39.0 Å². The second-order valence-corrected chi connectivity index (χ2v) is 4.09. The number of nitrogens with one attached hydrogen (secondary N) is 1. The van der Waals surface area contributed by atoms with Crippen LogP contribution in [-0.2, 0) is 4.79 Å². The molecule has 0 fully saturated rings. The molecule has 6 nitrogen and oxygen atoms in total. The van der Waals surface area contributed by atoms with Crippen molar-refractivity contribution in [3.05, 3.63) is 0 Å². The number of hydrazine groups is 1. The zero-order chi connectivity index (χ0) is 13.1. The van der Waals surface area contributed by atoms with E-state index in [1.165, 1.54) is 19.3 Å². The summed E-state index contributed by atoms with van der Waals surface area (Å²) in [6, 6.07) is -1.15. The first kappa shape index (κ1) is 16.3. The quantitative estimate of drug-likeness (QED) is 0.322. The van der Waals surface area contributed by atoms with E-state index >= 15 is 0 Å². The Morgan fingerprint density at radius 1 is 1.24 bits per heavy atom. The molecular weight excluding hydrogens is 224 g/mol. The van der Waals surface area contributed by atoms with Crippen LogP contribution in [0.3, 0.4) is 0 Å². The van der Waals surface area contributed by atoms with Crippen molar-refractivity contribution in [2.45, 2.75) is 51.5 Å². The van der Waals surface area contributed by atoms with Crippen molar-refractivity contribution in [1.82, 2.24) is 10.6 Å². The number of unbranched alkanes of at least 4 members (excludes halogenated alkanes) is 5. The lowest BCUT2D eigenvalue weighted by Crippen LogP contribution is -2.49. The Bertz CT molecular complexity index is 202. The van der Waals surface area contributed by atoms with E-state index in [2.05, 4.69) is 12.3 Å². The van der Waals surface area contributed by atoms with Crippen LogP contribution in [-0.4, -0.2) is 45.8 Å². The first-order valence-corrected chi connectivity index (χ1v) is 6.18. The number of carboxylic acids is 1. The van der Waals surface area contributed by atoms with Gasteiger partial charge in [0.05, 0.1) is 6.61 Å². The molecule has 0 saturated heterocycles. The summed E-state index contributed by atoms with van der Waals surface area (Å²) in [4.78, 5) is 10.6. The number of carbonyl (C=O) groups is 1. The largest absolute Gasteiger partial charge is 0.480 e. The highest BCUT2D eigenvalue weighted by Gasteiger charge is 2.17. The van der Waals surface area contributed by atoms with E-state index < -0.39 is 18.6 Å². The number of nitrogens with zero attached hydrogens (tertiary/aromatic N) is 1. The van der Waals surface area contributed by atoms with Crippen molar-refractivity contribution in [3.8, 4) is 0 Å². The molecule has 0 radical (unpaired) electrons. The van der Waals surface area contributed by atoms with Gasteiger partial charge < -0.3 is 10.2 Å². The Hall–Kier alpha value is -0.690. The standard InChI is InChI=1S/C11H24N2O4/c1-2-3-4-5-6-7-8-13(17)12-10(9-14)11(15)16/h10,12,14,17H,2-9H2,1H3,(H,15,16). The van der Waals surface area contributed by atoms with E-state index in [0.29, 0.717) is 6.54 Å². The fraction of sp³-hybridized carbons (Fsp3) is 0.909. The molecule has 0 spiro atoms. The van der Waals surface area contributed by atoms with E-state index in [4.69, 9.17) is 10.2 Å². The van der Waals surface area contributed by atoms with Gasteiger partial charge in [0.25, 0.3) is 0 Å². The van der Waals surface area contributed by atoms with Crippen molar-refractivity contribution in [2.75, 3.05) is 13.2 Å². The number of aliphatic hydroxyl groups excluding tert-OH is 1. The van der Waals surface area contributed by atoms with E-state index in [-0.39, 0.29) is 0 Å². The van der Waals surface area contributed by atoms with Crippen molar-refractivity contribution < 1.29 is 20.2 Å². The molecule has 0 aliphatic carbocycles. The summed E-state index contributed by atoms with van der Waals surface area (Å²) in [5.74, 6) is -1.19. The lowest BCUT2D eigenvalue weighted by molar-refractivity contribution is -0.167. The summed E-state index contributed by atoms with van der Waals surface area (Å²) >= 11 is 0. The van der Waals surface area contributed by atoms with Crippen molar-refractivity contribution in [1.29, 1.82) is 0 Å². The second kappa shape index (κ2) is 10.5.